The van der Waals surface area contributed by atoms with Crippen molar-refractivity contribution in [2.45, 2.75) is 6.10 Å². The second-order valence-corrected chi connectivity index (χ2v) is 5.94. The number of carbonyl (C=O) groups excluding carboxylic acids is 2. The molecule has 2 amide bonds. The minimum atomic E-state index is -0.743. The lowest BCUT2D eigenvalue weighted by Gasteiger charge is -2.31. The Labute approximate surface area is 138 Å². The average molecular weight is 323 g/mol. The highest BCUT2D eigenvalue weighted by Crippen LogP contribution is 2.26. The van der Waals surface area contributed by atoms with Gasteiger partial charge >= 0.3 is 0 Å². The van der Waals surface area contributed by atoms with Gasteiger partial charge in [-0.05, 0) is 22.9 Å². The number of aromatic amines is 1. The second-order valence-electron chi connectivity index (χ2n) is 5.94. The number of carbonyl (C=O) groups is 2. The molecule has 122 valence electrons. The van der Waals surface area contributed by atoms with Crippen molar-refractivity contribution in [2.24, 2.45) is 5.73 Å². The van der Waals surface area contributed by atoms with Gasteiger partial charge in [-0.25, -0.2) is 0 Å². The molecule has 6 nitrogen and oxygen atoms in total. The van der Waals surface area contributed by atoms with Crippen LogP contribution in [-0.4, -0.2) is 47.5 Å². The highest BCUT2D eigenvalue weighted by molar-refractivity contribution is 6.09. The largest absolute Gasteiger partial charge is 0.367 e. The Kier molecular flexibility index (Phi) is 3.46. The topological polar surface area (TPSA) is 88.4 Å². The number of primary amides is 1. The molecule has 3 aromatic rings. The van der Waals surface area contributed by atoms with Crippen LogP contribution < -0.4 is 5.73 Å². The predicted octanol–water partition coefficient (Wildman–Crippen LogP) is 1.65. The summed E-state index contributed by atoms with van der Waals surface area (Å²) in [4.78, 5) is 28.8. The van der Waals surface area contributed by atoms with Crippen LogP contribution in [0.5, 0.6) is 0 Å². The van der Waals surface area contributed by atoms with E-state index in [9.17, 15) is 9.59 Å². The van der Waals surface area contributed by atoms with E-state index in [2.05, 4.69) is 4.98 Å². The molecule has 0 aliphatic carbocycles. The molecule has 2 aromatic carbocycles. The summed E-state index contributed by atoms with van der Waals surface area (Å²) in [6.07, 6.45) is -0.743. The number of ether oxygens (including phenoxy) is 1. The van der Waals surface area contributed by atoms with Crippen molar-refractivity contribution in [1.82, 2.24) is 9.88 Å². The smallest absolute Gasteiger partial charge is 0.270 e. The standard InChI is InChI=1S/C18H17N3O3/c19-17(22)16-10-21(7-8-24-16)18(23)15-9-13-12-4-2-1-3-11(12)5-6-14(13)20-15/h1-6,9,16,20H,7-8,10H2,(H2,19,22)/t16-/m0/s1. The first-order chi connectivity index (χ1) is 11.6. The van der Waals surface area contributed by atoms with Crippen LogP contribution in [0.4, 0.5) is 0 Å². The Morgan fingerprint density at radius 2 is 2.00 bits per heavy atom. The molecule has 1 aliphatic rings. The Morgan fingerprint density at radius 1 is 1.17 bits per heavy atom. The number of nitrogens with zero attached hydrogens (tertiary/aromatic N) is 1. The number of hydrogen-bond acceptors (Lipinski definition) is 3. The maximum absolute atomic E-state index is 12.8. The van der Waals surface area contributed by atoms with Gasteiger partial charge in [-0.2, -0.15) is 0 Å². The van der Waals surface area contributed by atoms with Crippen LogP contribution in [0.2, 0.25) is 0 Å². The van der Waals surface area contributed by atoms with Crippen LogP contribution in [0.25, 0.3) is 21.7 Å². The number of nitrogens with one attached hydrogen (secondary N) is 1. The molecule has 1 saturated heterocycles. The molecule has 4 rings (SSSR count). The minimum absolute atomic E-state index is 0.148. The lowest BCUT2D eigenvalue weighted by atomic mass is 10.1. The van der Waals surface area contributed by atoms with Gasteiger partial charge in [-0.1, -0.05) is 30.3 Å². The van der Waals surface area contributed by atoms with E-state index in [1.165, 1.54) is 0 Å². The second kappa shape index (κ2) is 5.65. The van der Waals surface area contributed by atoms with Crippen molar-refractivity contribution in [3.8, 4) is 0 Å². The molecule has 6 heteroatoms. The average Bonchev–Trinajstić information content (AvgIpc) is 3.06. The SMILES string of the molecule is NC(=O)[C@@H]1CN(C(=O)c2cc3c(ccc4ccccc43)[nH]2)CCO1. The number of rotatable bonds is 2. The van der Waals surface area contributed by atoms with Crippen molar-refractivity contribution in [3.63, 3.8) is 0 Å². The fraction of sp³-hybridized carbons (Fsp3) is 0.222. The van der Waals surface area contributed by atoms with E-state index in [0.29, 0.717) is 18.8 Å². The molecule has 0 spiro atoms. The van der Waals surface area contributed by atoms with Gasteiger partial charge in [-0.3, -0.25) is 9.59 Å². The maximum atomic E-state index is 12.8. The highest BCUT2D eigenvalue weighted by Gasteiger charge is 2.29. The van der Waals surface area contributed by atoms with E-state index >= 15 is 0 Å². The molecule has 0 saturated carbocycles. The van der Waals surface area contributed by atoms with Gasteiger partial charge in [0.05, 0.1) is 13.2 Å². The summed E-state index contributed by atoms with van der Waals surface area (Å²) in [7, 11) is 0. The van der Waals surface area contributed by atoms with Crippen LogP contribution in [0, 0.1) is 0 Å². The molecule has 1 aliphatic heterocycles. The molecule has 0 unspecified atom stereocenters. The highest BCUT2D eigenvalue weighted by atomic mass is 16.5. The van der Waals surface area contributed by atoms with Gasteiger partial charge in [0.2, 0.25) is 5.91 Å². The Bertz CT molecular complexity index is 947. The third-order valence-electron chi connectivity index (χ3n) is 4.43. The number of amides is 2. The quantitative estimate of drug-likeness (QED) is 0.751. The first-order valence-electron chi connectivity index (χ1n) is 7.84. The first-order valence-corrected chi connectivity index (χ1v) is 7.84. The van der Waals surface area contributed by atoms with Crippen LogP contribution in [0.1, 0.15) is 10.5 Å². The molecule has 1 aromatic heterocycles. The summed E-state index contributed by atoms with van der Waals surface area (Å²) >= 11 is 0. The third kappa shape index (κ3) is 2.41. The molecule has 1 atom stereocenters. The summed E-state index contributed by atoms with van der Waals surface area (Å²) in [5, 5.41) is 3.24. The zero-order valence-corrected chi connectivity index (χ0v) is 13.0. The van der Waals surface area contributed by atoms with Crippen LogP contribution in [-0.2, 0) is 9.53 Å². The van der Waals surface area contributed by atoms with Gasteiger partial charge in [0, 0.05) is 17.4 Å². The van der Waals surface area contributed by atoms with Crippen molar-refractivity contribution in [2.75, 3.05) is 19.7 Å². The molecule has 2 heterocycles. The van der Waals surface area contributed by atoms with Gasteiger partial charge < -0.3 is 20.4 Å². The minimum Gasteiger partial charge on any atom is -0.367 e. The molecular weight excluding hydrogens is 306 g/mol. The Balaban J connectivity index is 1.70. The molecule has 24 heavy (non-hydrogen) atoms. The van der Waals surface area contributed by atoms with E-state index in [0.717, 1.165) is 21.7 Å². The van der Waals surface area contributed by atoms with Crippen molar-refractivity contribution in [3.05, 3.63) is 48.2 Å². The Hall–Kier alpha value is -2.86. The fourth-order valence-electron chi connectivity index (χ4n) is 3.18. The van der Waals surface area contributed by atoms with Gasteiger partial charge in [0.25, 0.3) is 5.91 Å². The zero-order chi connectivity index (χ0) is 16.7. The van der Waals surface area contributed by atoms with Crippen molar-refractivity contribution in [1.29, 1.82) is 0 Å². The fourth-order valence-corrected chi connectivity index (χ4v) is 3.18. The number of aromatic nitrogens is 1. The van der Waals surface area contributed by atoms with Crippen molar-refractivity contribution < 1.29 is 14.3 Å². The summed E-state index contributed by atoms with van der Waals surface area (Å²) in [5.41, 5.74) is 6.70. The number of nitrogens with two attached hydrogens (primary N) is 1. The summed E-state index contributed by atoms with van der Waals surface area (Å²) in [5.74, 6) is -0.694. The normalized spacial score (nSPS) is 18.2. The molecular formula is C18H17N3O3. The Morgan fingerprint density at radius 3 is 2.83 bits per heavy atom. The number of morpholine rings is 1. The molecule has 3 N–H and O–H groups in total. The first kappa shape index (κ1) is 14.7. The summed E-state index contributed by atoms with van der Waals surface area (Å²) in [6.45, 7) is 0.936. The van der Waals surface area contributed by atoms with Crippen LogP contribution in [0.15, 0.2) is 42.5 Å². The van der Waals surface area contributed by atoms with E-state index < -0.39 is 12.0 Å². The van der Waals surface area contributed by atoms with E-state index in [4.69, 9.17) is 10.5 Å². The van der Waals surface area contributed by atoms with Gasteiger partial charge in [-0.15, -0.1) is 0 Å². The monoisotopic (exact) mass is 323 g/mol. The predicted molar refractivity (Wildman–Crippen MR) is 90.6 cm³/mol. The third-order valence-corrected chi connectivity index (χ3v) is 4.43. The van der Waals surface area contributed by atoms with Crippen LogP contribution >= 0.6 is 0 Å². The number of fused-ring (bicyclic) bond motifs is 3. The van der Waals surface area contributed by atoms with Gasteiger partial charge in [0.15, 0.2) is 6.10 Å². The number of hydrogen-bond donors (Lipinski definition) is 2. The number of H-pyrrole nitrogens is 1. The lowest BCUT2D eigenvalue weighted by molar-refractivity contribution is -0.133. The van der Waals surface area contributed by atoms with Crippen molar-refractivity contribution >= 4 is 33.5 Å². The molecule has 1 fully saturated rings. The summed E-state index contributed by atoms with van der Waals surface area (Å²) < 4.78 is 5.29. The number of benzene rings is 2. The van der Waals surface area contributed by atoms with Gasteiger partial charge in [0.1, 0.15) is 5.69 Å². The summed E-state index contributed by atoms with van der Waals surface area (Å²) in [6, 6.07) is 13.9. The molecule has 0 radical (unpaired) electrons. The zero-order valence-electron chi connectivity index (χ0n) is 13.0. The van der Waals surface area contributed by atoms with E-state index in [1.807, 2.05) is 42.5 Å². The van der Waals surface area contributed by atoms with E-state index in [-0.39, 0.29) is 12.5 Å². The lowest BCUT2D eigenvalue weighted by Crippen LogP contribution is -2.50. The van der Waals surface area contributed by atoms with E-state index in [1.54, 1.807) is 4.90 Å². The molecule has 0 bridgehead atoms. The maximum Gasteiger partial charge on any atom is 0.270 e. The van der Waals surface area contributed by atoms with Crippen LogP contribution in [0.3, 0.4) is 0 Å².